The molecule has 0 aromatic carbocycles. The third-order valence-electron chi connectivity index (χ3n) is 2.45. The molecule has 1 aliphatic rings. The maximum absolute atomic E-state index is 5.38. The molecule has 0 atom stereocenters. The molecule has 1 aromatic heterocycles. The molecular weight excluding hydrogens is 357 g/mol. The first kappa shape index (κ1) is 11.9. The zero-order valence-electron chi connectivity index (χ0n) is 8.85. The van der Waals surface area contributed by atoms with Crippen LogP contribution < -0.4 is 5.73 Å². The van der Waals surface area contributed by atoms with Gasteiger partial charge in [0.2, 0.25) is 0 Å². The van der Waals surface area contributed by atoms with Crippen LogP contribution in [-0.2, 0) is 32.9 Å². The van der Waals surface area contributed by atoms with Gasteiger partial charge in [0, 0.05) is 6.04 Å². The third kappa shape index (κ3) is 3.21. The van der Waals surface area contributed by atoms with Crippen molar-refractivity contribution in [1.82, 2.24) is 9.13 Å². The van der Waals surface area contributed by atoms with Crippen LogP contribution in [0.3, 0.4) is 0 Å². The van der Waals surface area contributed by atoms with E-state index < -0.39 is 0 Å². The van der Waals surface area contributed by atoms with E-state index in [1.54, 1.807) is 0 Å². The number of hydrogen-bond acceptors (Lipinski definition) is 1. The molecular formula is C10H19N3Pt. The summed E-state index contributed by atoms with van der Waals surface area (Å²) >= 11 is 2.31. The van der Waals surface area contributed by atoms with Crippen LogP contribution in [0.15, 0.2) is 12.4 Å². The molecule has 0 amide bonds. The second-order valence-corrected chi connectivity index (χ2v) is 4.64. The first-order valence-corrected chi connectivity index (χ1v) is 6.21. The van der Waals surface area contributed by atoms with Crippen LogP contribution in [-0.4, -0.2) is 15.2 Å². The quantitative estimate of drug-likeness (QED) is 0.791. The molecule has 2 rings (SSSR count). The van der Waals surface area contributed by atoms with E-state index in [9.17, 15) is 0 Å². The van der Waals surface area contributed by atoms with Gasteiger partial charge in [-0.1, -0.05) is 6.42 Å². The van der Waals surface area contributed by atoms with Crippen molar-refractivity contribution >= 4 is 0 Å². The number of aryl methyl sites for hydroxylation is 2. The van der Waals surface area contributed by atoms with Crippen molar-refractivity contribution in [2.45, 2.75) is 38.8 Å². The van der Waals surface area contributed by atoms with Crippen molar-refractivity contribution in [2.75, 3.05) is 0 Å². The molecule has 0 spiro atoms. The smallest absolute Gasteiger partial charge is 0.00388 e. The summed E-state index contributed by atoms with van der Waals surface area (Å²) in [6, 6.07) is 0.565. The van der Waals surface area contributed by atoms with Gasteiger partial charge < -0.3 is 5.73 Å². The summed E-state index contributed by atoms with van der Waals surface area (Å²) in [6.45, 7) is 3.20. The first-order chi connectivity index (χ1) is 6.65. The monoisotopic (exact) mass is 376 g/mol. The van der Waals surface area contributed by atoms with Crippen molar-refractivity contribution in [3.63, 3.8) is 0 Å². The van der Waals surface area contributed by atoms with Crippen LogP contribution in [0.2, 0.25) is 0 Å². The Morgan fingerprint density at radius 1 is 1.50 bits per heavy atom. The first-order valence-electron chi connectivity index (χ1n) is 5.08. The fourth-order valence-electron chi connectivity index (χ4n) is 1.16. The Bertz CT molecular complexity index is 322. The molecule has 14 heavy (non-hydrogen) atoms. The molecule has 2 N–H and O–H groups in total. The third-order valence-corrected chi connectivity index (χ3v) is 3.90. The number of hydrogen-bond donors (Lipinski definition) is 1. The number of aromatic nitrogens is 2. The van der Waals surface area contributed by atoms with Crippen molar-refractivity contribution in [3.8, 4) is 0 Å². The molecule has 1 fully saturated rings. The summed E-state index contributed by atoms with van der Waals surface area (Å²) in [5.74, 6) is 0. The predicted octanol–water partition coefficient (Wildman–Crippen LogP) is 1.42. The van der Waals surface area contributed by atoms with E-state index >= 15 is 0 Å². The van der Waals surface area contributed by atoms with Crippen molar-refractivity contribution in [1.29, 1.82) is 0 Å². The Kier molecular flexibility index (Phi) is 4.83. The normalized spacial score (nSPS) is 15.8. The van der Waals surface area contributed by atoms with Gasteiger partial charge in [0.05, 0.1) is 0 Å². The molecule has 1 heterocycles. The van der Waals surface area contributed by atoms with Crippen LogP contribution in [0, 0.1) is 3.80 Å². The van der Waals surface area contributed by atoms with E-state index in [1.807, 2.05) is 0 Å². The standard InChI is InChI=1S/C6H10N2.C4H9N.Pt/c1-3-8-5-4-7(2)6-8;5-4-2-1-3-4;/h4-5H,3H2,1-2H3;4H,1-3,5H2;. The SMILES string of the molecule is CCn1ccn(C)[c]1=[Pt].NC1CCC1. The van der Waals surface area contributed by atoms with Gasteiger partial charge in [-0.3, -0.25) is 0 Å². The summed E-state index contributed by atoms with van der Waals surface area (Å²) in [7, 11) is 2.05. The molecule has 3 nitrogen and oxygen atoms in total. The van der Waals surface area contributed by atoms with Crippen LogP contribution >= 0.6 is 0 Å². The van der Waals surface area contributed by atoms with Crippen molar-refractivity contribution in [2.24, 2.45) is 12.8 Å². The van der Waals surface area contributed by atoms with Gasteiger partial charge in [-0.05, 0) is 12.8 Å². The van der Waals surface area contributed by atoms with Gasteiger partial charge in [0.1, 0.15) is 0 Å². The van der Waals surface area contributed by atoms with E-state index in [2.05, 4.69) is 54.9 Å². The average molecular weight is 376 g/mol. The summed E-state index contributed by atoms with van der Waals surface area (Å²) in [5.41, 5.74) is 5.38. The van der Waals surface area contributed by atoms with Crippen molar-refractivity contribution < 1.29 is 19.4 Å². The van der Waals surface area contributed by atoms with E-state index in [-0.39, 0.29) is 0 Å². The molecule has 0 bridgehead atoms. The fraction of sp³-hybridized carbons (Fsp3) is 0.700. The topological polar surface area (TPSA) is 35.9 Å². The minimum absolute atomic E-state index is 0.565. The Morgan fingerprint density at radius 2 is 2.07 bits per heavy atom. The van der Waals surface area contributed by atoms with E-state index in [0.717, 1.165) is 6.54 Å². The maximum Gasteiger partial charge on any atom is 0.00388 e. The van der Waals surface area contributed by atoms with Gasteiger partial charge in [-0.15, -0.1) is 0 Å². The van der Waals surface area contributed by atoms with E-state index in [4.69, 9.17) is 5.73 Å². The number of imidazole rings is 1. The predicted molar refractivity (Wildman–Crippen MR) is 54.1 cm³/mol. The van der Waals surface area contributed by atoms with Gasteiger partial charge >= 0.3 is 65.2 Å². The van der Waals surface area contributed by atoms with Crippen LogP contribution in [0.25, 0.3) is 0 Å². The fourth-order valence-corrected chi connectivity index (χ4v) is 1.86. The Hall–Kier alpha value is -0.142. The van der Waals surface area contributed by atoms with Crippen molar-refractivity contribution in [3.05, 3.63) is 16.2 Å². The molecule has 0 radical (unpaired) electrons. The molecule has 84 valence electrons. The maximum atomic E-state index is 5.38. The number of nitrogens with zero attached hydrogens (tertiary/aromatic N) is 2. The largest absolute Gasteiger partial charge is 0.328 e. The Labute approximate surface area is 96.3 Å². The summed E-state index contributed by atoms with van der Waals surface area (Å²) in [6.07, 6.45) is 8.04. The van der Waals surface area contributed by atoms with Crippen LogP contribution in [0.4, 0.5) is 0 Å². The second kappa shape index (κ2) is 5.67. The van der Waals surface area contributed by atoms with Gasteiger partial charge in [0.15, 0.2) is 0 Å². The molecule has 1 aliphatic carbocycles. The minimum Gasteiger partial charge on any atom is -0.328 e. The zero-order chi connectivity index (χ0) is 10.6. The van der Waals surface area contributed by atoms with E-state index in [0.29, 0.717) is 6.04 Å². The Morgan fingerprint density at radius 3 is 2.21 bits per heavy atom. The molecule has 4 heteroatoms. The van der Waals surface area contributed by atoms with Crippen LogP contribution in [0.1, 0.15) is 26.2 Å². The molecule has 1 saturated carbocycles. The molecule has 0 saturated heterocycles. The Balaban J connectivity index is 0.000000165. The summed E-state index contributed by atoms with van der Waals surface area (Å²) in [5, 5.41) is 0. The average Bonchev–Trinajstić information content (AvgIpc) is 2.45. The molecule has 0 unspecified atom stereocenters. The minimum atomic E-state index is 0.565. The second-order valence-electron chi connectivity index (χ2n) is 3.63. The zero-order valence-corrected chi connectivity index (χ0v) is 11.1. The number of rotatable bonds is 1. The van der Waals surface area contributed by atoms with Gasteiger partial charge in [0.25, 0.3) is 0 Å². The molecule has 1 aromatic rings. The van der Waals surface area contributed by atoms with E-state index in [1.165, 1.54) is 23.1 Å². The summed E-state index contributed by atoms with van der Waals surface area (Å²) < 4.78 is 5.57. The number of nitrogens with two attached hydrogens (primary N) is 1. The van der Waals surface area contributed by atoms with Gasteiger partial charge in [-0.2, -0.15) is 0 Å². The van der Waals surface area contributed by atoms with Crippen LogP contribution in [0.5, 0.6) is 0 Å². The van der Waals surface area contributed by atoms with Gasteiger partial charge in [-0.25, -0.2) is 0 Å². The molecule has 0 aliphatic heterocycles. The summed E-state index contributed by atoms with van der Waals surface area (Å²) in [4.78, 5) is 0.